The van der Waals surface area contributed by atoms with Crippen molar-refractivity contribution in [2.75, 3.05) is 24.5 Å². The van der Waals surface area contributed by atoms with Crippen molar-refractivity contribution in [3.05, 3.63) is 60.6 Å². The summed E-state index contributed by atoms with van der Waals surface area (Å²) >= 11 is 0. The Balaban J connectivity index is 1.18. The molecule has 33 heavy (non-hydrogen) atoms. The summed E-state index contributed by atoms with van der Waals surface area (Å²) in [6.07, 6.45) is 4.43. The molecular formula is C24H27FN6O2. The van der Waals surface area contributed by atoms with Crippen LogP contribution >= 0.6 is 0 Å². The van der Waals surface area contributed by atoms with Gasteiger partial charge in [0.05, 0.1) is 6.54 Å². The number of carboxylic acid groups (broad SMARTS) is 1. The molecule has 0 bridgehead atoms. The highest BCUT2D eigenvalue weighted by Gasteiger charge is 2.42. The predicted octanol–water partition coefficient (Wildman–Crippen LogP) is 3.66. The number of halogens is 1. The zero-order valence-corrected chi connectivity index (χ0v) is 18.5. The molecule has 1 aliphatic carbocycles. The van der Waals surface area contributed by atoms with Crippen molar-refractivity contribution < 1.29 is 14.3 Å². The highest BCUT2D eigenvalue weighted by Crippen LogP contribution is 2.43. The number of pyridine rings is 1. The molecule has 1 amide bonds. The molecule has 1 aromatic carbocycles. The SMILES string of the molecule is Cn1ncnc1CN(C[C@@H]1C[C@@H]2CN(c3ccc(-c4ccc(F)cc4)cn3)C[C@@H]2C1)C(=O)O. The van der Waals surface area contributed by atoms with Gasteiger partial charge in [-0.25, -0.2) is 19.2 Å². The summed E-state index contributed by atoms with van der Waals surface area (Å²) in [5.41, 5.74) is 1.91. The van der Waals surface area contributed by atoms with Gasteiger partial charge in [0.1, 0.15) is 23.8 Å². The number of aryl methyl sites for hydroxylation is 1. The Morgan fingerprint density at radius 1 is 1.09 bits per heavy atom. The second-order valence-corrected chi connectivity index (χ2v) is 9.14. The molecule has 9 heteroatoms. The minimum absolute atomic E-state index is 0.245. The Labute approximate surface area is 191 Å². The number of nitrogens with zero attached hydrogens (tertiary/aromatic N) is 6. The normalized spacial score (nSPS) is 21.9. The van der Waals surface area contributed by atoms with Crippen molar-refractivity contribution in [3.63, 3.8) is 0 Å². The molecule has 172 valence electrons. The fourth-order valence-electron chi connectivity index (χ4n) is 5.30. The number of hydrogen-bond donors (Lipinski definition) is 1. The minimum atomic E-state index is -0.915. The average Bonchev–Trinajstić information content (AvgIpc) is 3.49. The molecule has 2 aliphatic rings. The van der Waals surface area contributed by atoms with E-state index in [0.29, 0.717) is 30.1 Å². The van der Waals surface area contributed by atoms with E-state index >= 15 is 0 Å². The molecular weight excluding hydrogens is 423 g/mol. The first-order chi connectivity index (χ1) is 16.0. The molecule has 1 saturated heterocycles. The Kier molecular flexibility index (Phi) is 5.70. The maximum absolute atomic E-state index is 13.2. The molecule has 0 unspecified atom stereocenters. The third-order valence-corrected chi connectivity index (χ3v) is 6.98. The van der Waals surface area contributed by atoms with Crippen molar-refractivity contribution in [3.8, 4) is 11.1 Å². The molecule has 1 N–H and O–H groups in total. The van der Waals surface area contributed by atoms with Crippen LogP contribution in [0.4, 0.5) is 15.0 Å². The van der Waals surface area contributed by atoms with E-state index in [1.54, 1.807) is 23.9 Å². The van der Waals surface area contributed by atoms with E-state index in [1.807, 2.05) is 18.3 Å². The van der Waals surface area contributed by atoms with Crippen LogP contribution in [0.5, 0.6) is 0 Å². The van der Waals surface area contributed by atoms with Gasteiger partial charge in [0.15, 0.2) is 0 Å². The summed E-state index contributed by atoms with van der Waals surface area (Å²) < 4.78 is 14.8. The fourth-order valence-corrected chi connectivity index (χ4v) is 5.30. The van der Waals surface area contributed by atoms with Crippen LogP contribution in [-0.4, -0.2) is 55.5 Å². The van der Waals surface area contributed by atoms with Gasteiger partial charge in [-0.3, -0.25) is 4.68 Å². The van der Waals surface area contributed by atoms with Gasteiger partial charge < -0.3 is 14.9 Å². The molecule has 3 aromatic rings. The Morgan fingerprint density at radius 2 is 1.79 bits per heavy atom. The minimum Gasteiger partial charge on any atom is -0.465 e. The summed E-state index contributed by atoms with van der Waals surface area (Å²) in [4.78, 5) is 24.4. The summed E-state index contributed by atoms with van der Waals surface area (Å²) in [5.74, 6) is 2.84. The third kappa shape index (κ3) is 4.53. The van der Waals surface area contributed by atoms with E-state index in [4.69, 9.17) is 0 Å². The largest absolute Gasteiger partial charge is 0.465 e. The maximum atomic E-state index is 13.2. The molecule has 3 atom stereocenters. The second kappa shape index (κ2) is 8.80. The number of anilines is 1. The lowest BCUT2D eigenvalue weighted by atomic mass is 10.0. The summed E-state index contributed by atoms with van der Waals surface area (Å²) in [5, 5.41) is 13.7. The van der Waals surface area contributed by atoms with Crippen LogP contribution in [0.15, 0.2) is 48.9 Å². The van der Waals surface area contributed by atoms with Gasteiger partial charge in [0.25, 0.3) is 0 Å². The predicted molar refractivity (Wildman–Crippen MR) is 121 cm³/mol. The quantitative estimate of drug-likeness (QED) is 0.617. The van der Waals surface area contributed by atoms with Gasteiger partial charge in [0.2, 0.25) is 0 Å². The lowest BCUT2D eigenvalue weighted by molar-refractivity contribution is 0.131. The van der Waals surface area contributed by atoms with E-state index in [0.717, 1.165) is 42.9 Å². The van der Waals surface area contributed by atoms with Gasteiger partial charge in [-0.15, -0.1) is 0 Å². The highest BCUT2D eigenvalue weighted by molar-refractivity contribution is 5.65. The Morgan fingerprint density at radius 3 is 2.36 bits per heavy atom. The van der Waals surface area contributed by atoms with E-state index in [1.165, 1.54) is 23.4 Å². The van der Waals surface area contributed by atoms with Crippen molar-refractivity contribution in [2.24, 2.45) is 24.8 Å². The van der Waals surface area contributed by atoms with E-state index in [9.17, 15) is 14.3 Å². The van der Waals surface area contributed by atoms with Crippen LogP contribution in [0.25, 0.3) is 11.1 Å². The first kappa shape index (κ1) is 21.4. The van der Waals surface area contributed by atoms with Crippen molar-refractivity contribution in [2.45, 2.75) is 19.4 Å². The monoisotopic (exact) mass is 450 g/mol. The number of fused-ring (bicyclic) bond motifs is 1. The van der Waals surface area contributed by atoms with E-state index in [2.05, 4.69) is 20.0 Å². The number of amides is 1. The molecule has 3 heterocycles. The number of carbonyl (C=O) groups is 1. The topological polar surface area (TPSA) is 87.4 Å². The molecule has 0 spiro atoms. The molecule has 0 radical (unpaired) electrons. The standard InChI is InChI=1S/C24H27FN6O2/c1-29-23(27-15-28-29)14-31(24(32)33)11-16-8-19-12-30(13-20(19)9-16)22-7-4-18(10-26-22)17-2-5-21(25)6-3-17/h2-7,10,15-16,19-20H,8-9,11-14H2,1H3,(H,32,33)/t16-,19-,20+. The van der Waals surface area contributed by atoms with Crippen molar-refractivity contribution in [1.82, 2.24) is 24.6 Å². The van der Waals surface area contributed by atoms with Crippen LogP contribution in [0, 0.1) is 23.6 Å². The Hall–Kier alpha value is -3.49. The second-order valence-electron chi connectivity index (χ2n) is 9.14. The maximum Gasteiger partial charge on any atom is 0.407 e. The van der Waals surface area contributed by atoms with E-state index in [-0.39, 0.29) is 12.4 Å². The Bertz CT molecular complexity index is 1100. The highest BCUT2D eigenvalue weighted by atomic mass is 19.1. The lowest BCUT2D eigenvalue weighted by Gasteiger charge is -2.24. The molecule has 8 nitrogen and oxygen atoms in total. The number of hydrogen-bond acceptors (Lipinski definition) is 5. The van der Waals surface area contributed by atoms with Crippen LogP contribution in [0.2, 0.25) is 0 Å². The fraction of sp³-hybridized carbons (Fsp3) is 0.417. The zero-order valence-electron chi connectivity index (χ0n) is 18.5. The molecule has 1 saturated carbocycles. The first-order valence-electron chi connectivity index (χ1n) is 11.2. The van der Waals surface area contributed by atoms with Gasteiger partial charge in [-0.1, -0.05) is 12.1 Å². The number of rotatable bonds is 6. The third-order valence-electron chi connectivity index (χ3n) is 6.98. The summed E-state index contributed by atoms with van der Waals surface area (Å²) in [6.45, 7) is 2.68. The van der Waals surface area contributed by atoms with Crippen LogP contribution < -0.4 is 4.90 Å². The molecule has 5 rings (SSSR count). The van der Waals surface area contributed by atoms with Gasteiger partial charge in [0, 0.05) is 38.4 Å². The average molecular weight is 451 g/mol. The number of aromatic nitrogens is 4. The summed E-state index contributed by atoms with van der Waals surface area (Å²) in [6, 6.07) is 10.5. The van der Waals surface area contributed by atoms with Crippen LogP contribution in [0.3, 0.4) is 0 Å². The number of benzene rings is 1. The smallest absolute Gasteiger partial charge is 0.407 e. The van der Waals surface area contributed by atoms with Crippen LogP contribution in [0.1, 0.15) is 18.7 Å². The van der Waals surface area contributed by atoms with Crippen molar-refractivity contribution in [1.29, 1.82) is 0 Å². The van der Waals surface area contributed by atoms with Gasteiger partial charge in [-0.2, -0.15) is 5.10 Å². The molecule has 2 fully saturated rings. The van der Waals surface area contributed by atoms with Crippen molar-refractivity contribution >= 4 is 11.9 Å². The first-order valence-corrected chi connectivity index (χ1v) is 11.2. The summed E-state index contributed by atoms with van der Waals surface area (Å²) in [7, 11) is 1.77. The molecule has 2 aromatic heterocycles. The van der Waals surface area contributed by atoms with Gasteiger partial charge in [-0.05, 0) is 60.4 Å². The van der Waals surface area contributed by atoms with E-state index < -0.39 is 6.09 Å². The molecule has 1 aliphatic heterocycles. The van der Waals surface area contributed by atoms with Gasteiger partial charge >= 0.3 is 6.09 Å². The zero-order chi connectivity index (χ0) is 22.9. The van der Waals surface area contributed by atoms with Crippen LogP contribution in [-0.2, 0) is 13.6 Å². The lowest BCUT2D eigenvalue weighted by Crippen LogP contribution is -2.34.